The molecule has 0 radical (unpaired) electrons. The minimum absolute atomic E-state index is 0.0328. The number of hydrogen-bond donors (Lipinski definition) is 1. The summed E-state index contributed by atoms with van der Waals surface area (Å²) in [6.45, 7) is 27.8. The van der Waals surface area contributed by atoms with Crippen LogP contribution in [0.1, 0.15) is 105 Å². The lowest BCUT2D eigenvalue weighted by atomic mass is 9.80. The van der Waals surface area contributed by atoms with Crippen LogP contribution >= 0.6 is 11.3 Å². The second-order valence-corrected chi connectivity index (χ2v) is 21.0. The second-order valence-electron chi connectivity index (χ2n) is 20.0. The number of aromatic nitrogens is 2. The molecule has 0 spiro atoms. The maximum absolute atomic E-state index is 5.05. The van der Waals surface area contributed by atoms with Crippen molar-refractivity contribution in [3.8, 4) is 22.3 Å². The van der Waals surface area contributed by atoms with Crippen molar-refractivity contribution in [1.82, 2.24) is 9.97 Å². The Balaban J connectivity index is 1.41. The van der Waals surface area contributed by atoms with E-state index in [4.69, 9.17) is 4.98 Å². The van der Waals surface area contributed by atoms with Crippen molar-refractivity contribution in [2.24, 2.45) is 0 Å². The van der Waals surface area contributed by atoms with Crippen LogP contribution in [0.5, 0.6) is 0 Å². The minimum atomic E-state index is -0.0938. The summed E-state index contributed by atoms with van der Waals surface area (Å²) in [5.41, 5.74) is 14.5. The van der Waals surface area contributed by atoms with Crippen molar-refractivity contribution >= 4 is 60.4 Å². The van der Waals surface area contributed by atoms with Crippen molar-refractivity contribution in [3.63, 3.8) is 0 Å². The van der Waals surface area contributed by atoms with Crippen LogP contribution in [-0.2, 0) is 21.7 Å². The number of hydrogen-bond acceptors (Lipinski definition) is 3. The van der Waals surface area contributed by atoms with Gasteiger partial charge in [0.15, 0.2) is 5.82 Å². The van der Waals surface area contributed by atoms with E-state index < -0.39 is 0 Å². The van der Waals surface area contributed by atoms with Crippen LogP contribution in [0.3, 0.4) is 0 Å². The Kier molecular flexibility index (Phi) is 9.32. The molecule has 3 heterocycles. The summed E-state index contributed by atoms with van der Waals surface area (Å²) >= 11 is 1.75. The molecule has 290 valence electrons. The molecular formula is C53H57N3S. The zero-order chi connectivity index (χ0) is 40.7. The van der Waals surface area contributed by atoms with E-state index in [1.54, 1.807) is 11.3 Å². The topological polar surface area (TPSA) is 31.9 Å². The molecule has 0 fully saturated rings. The number of aromatic amines is 1. The number of fused-ring (bicyclic) bond motifs is 4. The number of para-hydroxylation sites is 1. The predicted octanol–water partition coefficient (Wildman–Crippen LogP) is 15.9. The predicted molar refractivity (Wildman–Crippen MR) is 249 cm³/mol. The van der Waals surface area contributed by atoms with Gasteiger partial charge in [0.05, 0.1) is 10.2 Å². The van der Waals surface area contributed by atoms with Gasteiger partial charge in [0.2, 0.25) is 0 Å². The molecule has 57 heavy (non-hydrogen) atoms. The van der Waals surface area contributed by atoms with Crippen LogP contribution in [0.25, 0.3) is 54.1 Å². The first-order valence-electron chi connectivity index (χ1n) is 20.4. The van der Waals surface area contributed by atoms with E-state index in [9.17, 15) is 0 Å². The Morgan fingerprint density at radius 2 is 1.11 bits per heavy atom. The highest BCUT2D eigenvalue weighted by Crippen LogP contribution is 2.45. The number of benzene rings is 5. The average Bonchev–Trinajstić information content (AvgIpc) is 3.78. The summed E-state index contributed by atoms with van der Waals surface area (Å²) in [7, 11) is 0. The average molecular weight is 768 g/mol. The number of pyridine rings is 1. The maximum atomic E-state index is 5.05. The lowest BCUT2D eigenvalue weighted by Crippen LogP contribution is -2.16. The minimum Gasteiger partial charge on any atom is -0.354 e. The number of anilines is 3. The van der Waals surface area contributed by atoms with Crippen LogP contribution in [0.15, 0.2) is 121 Å². The molecule has 1 N–H and O–H groups in total. The summed E-state index contributed by atoms with van der Waals surface area (Å²) in [6.07, 6.45) is 1.94. The van der Waals surface area contributed by atoms with E-state index in [-0.39, 0.29) is 21.7 Å². The van der Waals surface area contributed by atoms with Gasteiger partial charge in [-0.1, -0.05) is 126 Å². The van der Waals surface area contributed by atoms with Crippen LogP contribution in [0, 0.1) is 0 Å². The van der Waals surface area contributed by atoms with Crippen molar-refractivity contribution in [2.75, 3.05) is 4.90 Å². The molecule has 0 saturated heterocycles. The molecule has 4 heteroatoms. The van der Waals surface area contributed by atoms with Crippen LogP contribution in [-0.4, -0.2) is 9.97 Å². The van der Waals surface area contributed by atoms with E-state index in [0.29, 0.717) is 0 Å². The molecule has 0 aliphatic heterocycles. The Bertz CT molecular complexity index is 2770. The molecule has 3 nitrogen and oxygen atoms in total. The van der Waals surface area contributed by atoms with Gasteiger partial charge in [0.1, 0.15) is 0 Å². The highest BCUT2D eigenvalue weighted by atomic mass is 32.1. The number of thiophene rings is 1. The molecule has 8 aromatic rings. The SMILES string of the molecule is CC(C)(C)c1cc(-c2cc(N(c3ccccc3)c3nccc4ccsc34)cc(C(C)(C)C)c2)cc(-c2cc(C(C)(C)C)cc3c2[nH]c2ccc(C(C)(C)C)cc23)c1. The van der Waals surface area contributed by atoms with Gasteiger partial charge in [-0.2, -0.15) is 0 Å². The van der Waals surface area contributed by atoms with E-state index in [2.05, 4.69) is 208 Å². The fraction of sp³-hybridized carbons (Fsp3) is 0.302. The van der Waals surface area contributed by atoms with Crippen molar-refractivity contribution < 1.29 is 0 Å². The quantitative estimate of drug-likeness (QED) is 0.189. The highest BCUT2D eigenvalue weighted by Gasteiger charge is 2.26. The molecule has 5 aromatic carbocycles. The maximum Gasteiger partial charge on any atom is 0.155 e. The fourth-order valence-electron chi connectivity index (χ4n) is 7.86. The number of rotatable bonds is 5. The van der Waals surface area contributed by atoms with Gasteiger partial charge in [-0.15, -0.1) is 11.3 Å². The largest absolute Gasteiger partial charge is 0.354 e. The van der Waals surface area contributed by atoms with Crippen LogP contribution in [0.4, 0.5) is 17.2 Å². The monoisotopic (exact) mass is 767 g/mol. The molecule has 0 aliphatic carbocycles. The molecule has 0 amide bonds. The Morgan fingerprint density at radius 1 is 0.509 bits per heavy atom. The summed E-state index contributed by atoms with van der Waals surface area (Å²) < 4.78 is 1.18. The Labute approximate surface area is 343 Å². The number of nitrogens with one attached hydrogen (secondary N) is 1. The van der Waals surface area contributed by atoms with Gasteiger partial charge in [-0.25, -0.2) is 4.98 Å². The first kappa shape index (κ1) is 38.7. The van der Waals surface area contributed by atoms with Crippen LogP contribution < -0.4 is 4.90 Å². The van der Waals surface area contributed by atoms with Gasteiger partial charge in [-0.3, -0.25) is 4.90 Å². The molecule has 0 unspecified atom stereocenters. The summed E-state index contributed by atoms with van der Waals surface area (Å²) in [5.74, 6) is 0.949. The third kappa shape index (κ3) is 7.41. The second kappa shape index (κ2) is 13.7. The highest BCUT2D eigenvalue weighted by molar-refractivity contribution is 7.17. The normalized spacial score (nSPS) is 12.9. The van der Waals surface area contributed by atoms with E-state index >= 15 is 0 Å². The lowest BCUT2D eigenvalue weighted by Gasteiger charge is -2.29. The van der Waals surface area contributed by atoms with Crippen molar-refractivity contribution in [1.29, 1.82) is 0 Å². The number of nitrogens with zero attached hydrogens (tertiary/aromatic N) is 2. The third-order valence-corrected chi connectivity index (χ3v) is 12.4. The third-order valence-electron chi connectivity index (χ3n) is 11.5. The van der Waals surface area contributed by atoms with Gasteiger partial charge >= 0.3 is 0 Å². The molecule has 0 saturated carbocycles. The van der Waals surface area contributed by atoms with Gasteiger partial charge < -0.3 is 4.98 Å². The van der Waals surface area contributed by atoms with Crippen molar-refractivity contribution in [3.05, 3.63) is 143 Å². The standard InChI is InChI=1S/C53H57N3S/c1-50(2,3)37-18-19-46-44(30-37)45-32-40(53(10,11)12)31-43(47(45)55-46)36-24-34(25-38(27-36)51(4,5)6)35-26-39(52(7,8)9)29-42(28-35)56(41-16-14-13-15-17-41)49-48-33(20-22-54-49)21-23-57-48/h13-32,55H,1-12H3. The van der Waals surface area contributed by atoms with Crippen LogP contribution in [0.2, 0.25) is 0 Å². The van der Waals surface area contributed by atoms with E-state index in [1.165, 1.54) is 76.4 Å². The Morgan fingerprint density at radius 3 is 1.77 bits per heavy atom. The van der Waals surface area contributed by atoms with Gasteiger partial charge in [-0.05, 0) is 138 Å². The zero-order valence-corrected chi connectivity index (χ0v) is 36.7. The lowest BCUT2D eigenvalue weighted by molar-refractivity contribution is 0.589. The summed E-state index contributed by atoms with van der Waals surface area (Å²) in [5, 5.41) is 5.94. The molecule has 0 bridgehead atoms. The molecular weight excluding hydrogens is 711 g/mol. The molecule has 0 aliphatic rings. The molecule has 3 aromatic heterocycles. The number of H-pyrrole nitrogens is 1. The van der Waals surface area contributed by atoms with Gasteiger partial charge in [0.25, 0.3) is 0 Å². The molecule has 8 rings (SSSR count). The van der Waals surface area contributed by atoms with Gasteiger partial charge in [0, 0.05) is 39.4 Å². The first-order valence-corrected chi connectivity index (χ1v) is 21.2. The van der Waals surface area contributed by atoms with Crippen molar-refractivity contribution in [2.45, 2.75) is 105 Å². The summed E-state index contributed by atoms with van der Waals surface area (Å²) in [6, 6.07) is 41.3. The Hall–Kier alpha value is -5.19. The fourth-order valence-corrected chi connectivity index (χ4v) is 8.73. The van der Waals surface area contributed by atoms with E-state index in [0.717, 1.165) is 17.2 Å². The van der Waals surface area contributed by atoms with E-state index in [1.807, 2.05) is 6.20 Å². The smallest absolute Gasteiger partial charge is 0.155 e. The first-order chi connectivity index (χ1) is 26.8. The zero-order valence-electron chi connectivity index (χ0n) is 35.8. The summed E-state index contributed by atoms with van der Waals surface area (Å²) in [4.78, 5) is 11.3. The molecule has 0 atom stereocenters.